The zero-order valence-electron chi connectivity index (χ0n) is 11.1. The Morgan fingerprint density at radius 3 is 2.79 bits per heavy atom. The normalized spacial score (nSPS) is 29.6. The van der Waals surface area contributed by atoms with Gasteiger partial charge in [0.05, 0.1) is 23.8 Å². The van der Waals surface area contributed by atoms with Crippen molar-refractivity contribution < 1.29 is 4.79 Å². The van der Waals surface area contributed by atoms with Crippen LogP contribution in [-0.4, -0.2) is 32.9 Å². The fourth-order valence-electron chi connectivity index (χ4n) is 3.56. The largest absolute Gasteiger partial charge is 0.346 e. The van der Waals surface area contributed by atoms with Crippen molar-refractivity contribution in [1.29, 1.82) is 0 Å². The second-order valence-corrected chi connectivity index (χ2v) is 6.24. The molecule has 0 bridgehead atoms. The minimum absolute atomic E-state index is 0.00583. The molecule has 2 heterocycles. The summed E-state index contributed by atoms with van der Waals surface area (Å²) in [7, 11) is 0. The van der Waals surface area contributed by atoms with Gasteiger partial charge in [-0.1, -0.05) is 12.8 Å². The van der Waals surface area contributed by atoms with Crippen molar-refractivity contribution in [2.45, 2.75) is 50.2 Å². The molecule has 1 aromatic rings. The highest BCUT2D eigenvalue weighted by atomic mass is 16.2. The third kappa shape index (κ3) is 1.79. The van der Waals surface area contributed by atoms with E-state index in [1.807, 2.05) is 6.20 Å². The average molecular weight is 260 g/mol. The van der Waals surface area contributed by atoms with E-state index in [0.29, 0.717) is 11.8 Å². The first-order valence-corrected chi connectivity index (χ1v) is 7.36. The number of carbonyl (C=O) groups excluding carboxylic acids is 1. The van der Waals surface area contributed by atoms with Gasteiger partial charge in [0.15, 0.2) is 0 Å². The number of H-pyrrole nitrogens is 1. The van der Waals surface area contributed by atoms with Gasteiger partial charge in [-0.05, 0) is 31.6 Å². The lowest BCUT2D eigenvalue weighted by atomic mass is 9.98. The molecule has 2 saturated carbocycles. The van der Waals surface area contributed by atoms with Crippen molar-refractivity contribution in [3.8, 4) is 0 Å². The number of aromatic nitrogens is 2. The van der Waals surface area contributed by atoms with E-state index in [1.165, 1.54) is 12.8 Å². The van der Waals surface area contributed by atoms with Crippen molar-refractivity contribution in [2.75, 3.05) is 6.54 Å². The second-order valence-electron chi connectivity index (χ2n) is 6.24. The summed E-state index contributed by atoms with van der Waals surface area (Å²) in [5, 5.41) is 3.61. The molecule has 5 heteroatoms. The highest BCUT2D eigenvalue weighted by Crippen LogP contribution is 2.42. The zero-order chi connectivity index (χ0) is 12.9. The molecule has 5 nitrogen and oxygen atoms in total. The van der Waals surface area contributed by atoms with Crippen LogP contribution in [-0.2, 0) is 4.79 Å². The Morgan fingerprint density at radius 1 is 1.37 bits per heavy atom. The Hall–Kier alpha value is -1.36. The molecular weight excluding hydrogens is 240 g/mol. The topological polar surface area (TPSA) is 61.0 Å². The highest BCUT2D eigenvalue weighted by Gasteiger charge is 2.53. The summed E-state index contributed by atoms with van der Waals surface area (Å²) < 4.78 is 0. The molecule has 3 fully saturated rings. The van der Waals surface area contributed by atoms with E-state index in [-0.39, 0.29) is 11.7 Å². The first-order chi connectivity index (χ1) is 9.28. The fraction of sp³-hybridized carbons (Fsp3) is 0.714. The molecule has 2 aliphatic carbocycles. The van der Waals surface area contributed by atoms with Crippen LogP contribution >= 0.6 is 0 Å². The summed E-state index contributed by atoms with van der Waals surface area (Å²) >= 11 is 0. The predicted octanol–water partition coefficient (Wildman–Crippen LogP) is 1.56. The molecule has 4 rings (SSSR count). The van der Waals surface area contributed by atoms with Gasteiger partial charge in [-0.15, -0.1) is 0 Å². The maximum absolute atomic E-state index is 12.8. The molecule has 1 saturated heterocycles. The minimum atomic E-state index is -0.287. The summed E-state index contributed by atoms with van der Waals surface area (Å²) in [5.41, 5.74) is 0.725. The van der Waals surface area contributed by atoms with Gasteiger partial charge in [-0.3, -0.25) is 10.1 Å². The quantitative estimate of drug-likeness (QED) is 0.867. The first-order valence-electron chi connectivity index (χ1n) is 7.36. The molecule has 1 atom stereocenters. The van der Waals surface area contributed by atoms with Crippen LogP contribution in [0.1, 0.15) is 50.4 Å². The fourth-order valence-corrected chi connectivity index (χ4v) is 3.56. The average Bonchev–Trinajstić information content (AvgIpc) is 2.84. The third-order valence-corrected chi connectivity index (χ3v) is 4.82. The molecule has 2 N–H and O–H groups in total. The molecule has 1 amide bonds. The van der Waals surface area contributed by atoms with Crippen LogP contribution in [0.25, 0.3) is 0 Å². The Bertz CT molecular complexity index is 474. The lowest BCUT2D eigenvalue weighted by molar-refractivity contribution is -0.133. The van der Waals surface area contributed by atoms with E-state index in [9.17, 15) is 4.79 Å². The van der Waals surface area contributed by atoms with Crippen molar-refractivity contribution in [3.63, 3.8) is 0 Å². The number of rotatable bonds is 3. The van der Waals surface area contributed by atoms with Gasteiger partial charge in [0.1, 0.15) is 6.17 Å². The number of nitrogens with one attached hydrogen (secondary N) is 2. The Labute approximate surface area is 112 Å². The van der Waals surface area contributed by atoms with Gasteiger partial charge in [0.2, 0.25) is 5.91 Å². The SMILES string of the molecule is O=C1N(CC2CC2)[C@H](c2cnc[nH]2)NC12CCCC2. The van der Waals surface area contributed by atoms with Crippen molar-refractivity contribution >= 4 is 5.91 Å². The molecule has 0 aromatic carbocycles. The summed E-state index contributed by atoms with van der Waals surface area (Å²) in [6.45, 7) is 0.900. The molecule has 1 aliphatic heterocycles. The van der Waals surface area contributed by atoms with Crippen molar-refractivity contribution in [3.05, 3.63) is 18.2 Å². The third-order valence-electron chi connectivity index (χ3n) is 4.82. The standard InChI is InChI=1S/C14H20N4O/c19-13-14(5-1-2-6-14)17-12(11-7-15-9-16-11)18(13)8-10-3-4-10/h7,9-10,12,17H,1-6,8H2,(H,15,16)/t12-/m1/s1. The Kier molecular flexibility index (Phi) is 2.45. The maximum atomic E-state index is 12.8. The lowest BCUT2D eigenvalue weighted by Gasteiger charge is -2.23. The van der Waals surface area contributed by atoms with Gasteiger partial charge in [0.25, 0.3) is 0 Å². The predicted molar refractivity (Wildman–Crippen MR) is 70.1 cm³/mol. The Morgan fingerprint density at radius 2 is 2.16 bits per heavy atom. The monoisotopic (exact) mass is 260 g/mol. The minimum Gasteiger partial charge on any atom is -0.346 e. The van der Waals surface area contributed by atoms with Gasteiger partial charge < -0.3 is 9.88 Å². The summed E-state index contributed by atoms with van der Waals surface area (Å²) in [4.78, 5) is 22.1. The molecular formula is C14H20N4O. The number of aromatic amines is 1. The number of hydrogen-bond donors (Lipinski definition) is 2. The van der Waals surface area contributed by atoms with Crippen LogP contribution in [0.3, 0.4) is 0 Å². The van der Waals surface area contributed by atoms with Crippen LogP contribution in [0.4, 0.5) is 0 Å². The van der Waals surface area contributed by atoms with Gasteiger partial charge in [-0.25, -0.2) is 4.98 Å². The highest BCUT2D eigenvalue weighted by molar-refractivity contribution is 5.89. The smallest absolute Gasteiger partial charge is 0.244 e. The van der Waals surface area contributed by atoms with Crippen LogP contribution in [0.15, 0.2) is 12.5 Å². The van der Waals surface area contributed by atoms with E-state index in [0.717, 1.165) is 37.9 Å². The number of amides is 1. The van der Waals surface area contributed by atoms with E-state index < -0.39 is 0 Å². The van der Waals surface area contributed by atoms with Gasteiger partial charge >= 0.3 is 0 Å². The number of nitrogens with zero attached hydrogens (tertiary/aromatic N) is 2. The number of hydrogen-bond acceptors (Lipinski definition) is 3. The zero-order valence-corrected chi connectivity index (χ0v) is 11.1. The van der Waals surface area contributed by atoms with E-state index in [4.69, 9.17) is 0 Å². The molecule has 0 unspecified atom stereocenters. The molecule has 102 valence electrons. The number of imidazole rings is 1. The summed E-state index contributed by atoms with van der Waals surface area (Å²) in [6.07, 6.45) is 10.3. The molecule has 1 aromatic heterocycles. The second kappa shape index (κ2) is 4.07. The van der Waals surface area contributed by atoms with Gasteiger partial charge in [-0.2, -0.15) is 0 Å². The van der Waals surface area contributed by atoms with Crippen molar-refractivity contribution in [1.82, 2.24) is 20.2 Å². The van der Waals surface area contributed by atoms with Gasteiger partial charge in [0, 0.05) is 6.54 Å². The molecule has 19 heavy (non-hydrogen) atoms. The summed E-state index contributed by atoms with van der Waals surface area (Å²) in [5.74, 6) is 1.03. The van der Waals surface area contributed by atoms with Crippen LogP contribution in [0, 0.1) is 5.92 Å². The molecule has 1 spiro atoms. The summed E-state index contributed by atoms with van der Waals surface area (Å²) in [6, 6.07) is 0. The van der Waals surface area contributed by atoms with Crippen LogP contribution < -0.4 is 5.32 Å². The van der Waals surface area contributed by atoms with Crippen LogP contribution in [0.2, 0.25) is 0 Å². The van der Waals surface area contributed by atoms with E-state index in [1.54, 1.807) is 6.33 Å². The molecule has 0 radical (unpaired) electrons. The first kappa shape index (κ1) is 11.5. The van der Waals surface area contributed by atoms with E-state index >= 15 is 0 Å². The van der Waals surface area contributed by atoms with Crippen molar-refractivity contribution in [2.24, 2.45) is 5.92 Å². The molecule has 3 aliphatic rings. The Balaban J connectivity index is 1.65. The lowest BCUT2D eigenvalue weighted by Crippen LogP contribution is -2.44. The van der Waals surface area contributed by atoms with E-state index in [2.05, 4.69) is 20.2 Å². The van der Waals surface area contributed by atoms with Crippen LogP contribution in [0.5, 0.6) is 0 Å². The number of carbonyl (C=O) groups is 1. The maximum Gasteiger partial charge on any atom is 0.244 e.